The molecule has 1 unspecified atom stereocenters. The van der Waals surface area contributed by atoms with Gasteiger partial charge in [0.25, 0.3) is 5.91 Å². The number of hydrogen-bond donors (Lipinski definition) is 1. The first-order valence-electron chi connectivity index (χ1n) is 6.49. The van der Waals surface area contributed by atoms with Gasteiger partial charge in [-0.25, -0.2) is 4.98 Å². The van der Waals surface area contributed by atoms with Gasteiger partial charge < -0.3 is 10.2 Å². The van der Waals surface area contributed by atoms with Gasteiger partial charge in [0, 0.05) is 30.7 Å². The lowest BCUT2D eigenvalue weighted by atomic mass is 10.2. The number of nitrogens with zero attached hydrogens (tertiary/aromatic N) is 4. The van der Waals surface area contributed by atoms with Crippen LogP contribution in [0.1, 0.15) is 28.2 Å². The van der Waals surface area contributed by atoms with Crippen LogP contribution in [0.3, 0.4) is 0 Å². The number of hydrogen-bond acceptors (Lipinski definition) is 7. The molecular formula is C12H15N5OS2. The molecule has 1 amide bonds. The molecule has 0 spiro atoms. The third kappa shape index (κ3) is 2.66. The molecule has 0 bridgehead atoms. The number of nitrogens with one attached hydrogen (secondary N) is 1. The molecule has 2 aromatic rings. The Morgan fingerprint density at radius 1 is 1.60 bits per heavy atom. The summed E-state index contributed by atoms with van der Waals surface area (Å²) in [4.78, 5) is 19.3. The third-order valence-electron chi connectivity index (χ3n) is 3.40. The second-order valence-electron chi connectivity index (χ2n) is 4.70. The van der Waals surface area contributed by atoms with E-state index in [9.17, 15) is 4.79 Å². The summed E-state index contributed by atoms with van der Waals surface area (Å²) in [6.45, 7) is 3.45. The van der Waals surface area contributed by atoms with Gasteiger partial charge in [-0.05, 0) is 31.3 Å². The SMILES string of the molecule is Cc1nnsc1C(=O)NCC1CCCN1c1nccs1. The summed E-state index contributed by atoms with van der Waals surface area (Å²) in [6.07, 6.45) is 4.04. The highest BCUT2D eigenvalue weighted by Gasteiger charge is 2.27. The third-order valence-corrected chi connectivity index (χ3v) is 5.03. The molecular weight excluding hydrogens is 294 g/mol. The van der Waals surface area contributed by atoms with Crippen LogP contribution in [-0.4, -0.2) is 39.6 Å². The van der Waals surface area contributed by atoms with Crippen molar-refractivity contribution in [1.29, 1.82) is 0 Å². The number of rotatable bonds is 4. The van der Waals surface area contributed by atoms with Crippen LogP contribution in [-0.2, 0) is 0 Å². The predicted molar refractivity (Wildman–Crippen MR) is 79.5 cm³/mol. The van der Waals surface area contributed by atoms with Crippen molar-refractivity contribution in [3.8, 4) is 0 Å². The van der Waals surface area contributed by atoms with Gasteiger partial charge in [-0.1, -0.05) is 4.49 Å². The van der Waals surface area contributed by atoms with Crippen LogP contribution in [0.4, 0.5) is 5.13 Å². The minimum Gasteiger partial charge on any atom is -0.349 e. The zero-order valence-corrected chi connectivity index (χ0v) is 12.7. The summed E-state index contributed by atoms with van der Waals surface area (Å²) in [7, 11) is 0. The van der Waals surface area contributed by atoms with Crippen molar-refractivity contribution in [2.45, 2.75) is 25.8 Å². The van der Waals surface area contributed by atoms with Gasteiger partial charge in [-0.2, -0.15) is 0 Å². The van der Waals surface area contributed by atoms with Gasteiger partial charge >= 0.3 is 0 Å². The van der Waals surface area contributed by atoms with Crippen molar-refractivity contribution in [2.75, 3.05) is 18.0 Å². The lowest BCUT2D eigenvalue weighted by Crippen LogP contribution is -2.40. The van der Waals surface area contributed by atoms with E-state index in [0.717, 1.165) is 36.1 Å². The Kier molecular flexibility index (Phi) is 3.93. The van der Waals surface area contributed by atoms with Crippen LogP contribution < -0.4 is 10.2 Å². The number of anilines is 1. The first-order chi connectivity index (χ1) is 9.75. The number of carbonyl (C=O) groups excluding carboxylic acids is 1. The molecule has 1 atom stereocenters. The van der Waals surface area contributed by atoms with E-state index in [2.05, 4.69) is 24.8 Å². The van der Waals surface area contributed by atoms with Gasteiger partial charge in [0.2, 0.25) is 0 Å². The van der Waals surface area contributed by atoms with E-state index < -0.39 is 0 Å². The predicted octanol–water partition coefficient (Wildman–Crippen LogP) is 1.70. The number of thiazole rings is 1. The monoisotopic (exact) mass is 309 g/mol. The van der Waals surface area contributed by atoms with E-state index in [-0.39, 0.29) is 5.91 Å². The zero-order chi connectivity index (χ0) is 13.9. The maximum Gasteiger partial charge on any atom is 0.265 e. The second-order valence-corrected chi connectivity index (χ2v) is 6.33. The van der Waals surface area contributed by atoms with Gasteiger partial charge in [0.15, 0.2) is 5.13 Å². The van der Waals surface area contributed by atoms with Crippen LogP contribution >= 0.6 is 22.9 Å². The molecule has 2 aromatic heterocycles. The highest BCUT2D eigenvalue weighted by atomic mass is 32.1. The molecule has 0 aromatic carbocycles. The molecule has 0 aliphatic carbocycles. The van der Waals surface area contributed by atoms with Gasteiger partial charge in [-0.3, -0.25) is 4.79 Å². The lowest BCUT2D eigenvalue weighted by molar-refractivity contribution is 0.0954. The van der Waals surface area contributed by atoms with Gasteiger partial charge in [-0.15, -0.1) is 16.4 Å². The van der Waals surface area contributed by atoms with Gasteiger partial charge in [0.05, 0.1) is 5.69 Å². The van der Waals surface area contributed by atoms with Crippen molar-refractivity contribution in [3.05, 3.63) is 22.1 Å². The molecule has 1 aliphatic heterocycles. The molecule has 1 N–H and O–H groups in total. The van der Waals surface area contributed by atoms with E-state index in [1.165, 1.54) is 0 Å². The highest BCUT2D eigenvalue weighted by Crippen LogP contribution is 2.26. The molecule has 1 saturated heterocycles. The fourth-order valence-corrected chi connectivity index (χ4v) is 3.70. The maximum absolute atomic E-state index is 12.1. The summed E-state index contributed by atoms with van der Waals surface area (Å²) in [6, 6.07) is 0.325. The molecule has 20 heavy (non-hydrogen) atoms. The average molecular weight is 309 g/mol. The van der Waals surface area contributed by atoms with Crippen molar-refractivity contribution >= 4 is 33.9 Å². The fraction of sp³-hybridized carbons (Fsp3) is 0.500. The van der Waals surface area contributed by atoms with E-state index in [0.29, 0.717) is 23.2 Å². The molecule has 3 heterocycles. The minimum atomic E-state index is -0.0801. The van der Waals surface area contributed by atoms with Crippen LogP contribution in [0.15, 0.2) is 11.6 Å². The van der Waals surface area contributed by atoms with Crippen molar-refractivity contribution in [3.63, 3.8) is 0 Å². The van der Waals surface area contributed by atoms with Crippen molar-refractivity contribution in [1.82, 2.24) is 19.9 Å². The normalized spacial score (nSPS) is 18.4. The second kappa shape index (κ2) is 5.84. The largest absolute Gasteiger partial charge is 0.349 e. The van der Waals surface area contributed by atoms with Crippen LogP contribution in [0, 0.1) is 6.92 Å². The lowest BCUT2D eigenvalue weighted by Gasteiger charge is -2.24. The standard InChI is InChI=1S/C12H15N5OS2/c1-8-10(20-16-15-8)11(18)14-7-9-3-2-5-17(9)12-13-4-6-19-12/h4,6,9H,2-3,5,7H2,1H3,(H,14,18). The number of amides is 1. The summed E-state index contributed by atoms with van der Waals surface area (Å²) < 4.78 is 3.79. The Hall–Kier alpha value is -1.54. The number of aryl methyl sites for hydroxylation is 1. The van der Waals surface area contributed by atoms with E-state index in [4.69, 9.17) is 0 Å². The molecule has 3 rings (SSSR count). The molecule has 0 radical (unpaired) electrons. The van der Waals surface area contributed by atoms with E-state index >= 15 is 0 Å². The molecule has 1 aliphatic rings. The van der Waals surface area contributed by atoms with Crippen LogP contribution in [0.25, 0.3) is 0 Å². The smallest absolute Gasteiger partial charge is 0.265 e. The maximum atomic E-state index is 12.1. The Labute approximate surface area is 125 Å². The topological polar surface area (TPSA) is 71.0 Å². The highest BCUT2D eigenvalue weighted by molar-refractivity contribution is 7.13. The van der Waals surface area contributed by atoms with Crippen molar-refractivity contribution < 1.29 is 4.79 Å². The summed E-state index contributed by atoms with van der Waals surface area (Å²) in [5, 5.41) is 9.87. The molecule has 0 saturated carbocycles. The summed E-state index contributed by atoms with van der Waals surface area (Å²) >= 11 is 2.78. The number of aromatic nitrogens is 3. The summed E-state index contributed by atoms with van der Waals surface area (Å²) in [5.41, 5.74) is 0.690. The molecule has 8 heteroatoms. The number of carbonyl (C=O) groups is 1. The van der Waals surface area contributed by atoms with Crippen molar-refractivity contribution in [2.24, 2.45) is 0 Å². The Bertz CT molecular complexity index is 582. The average Bonchev–Trinajstić information content (AvgIpc) is 3.16. The Morgan fingerprint density at radius 2 is 2.50 bits per heavy atom. The van der Waals surface area contributed by atoms with Crippen LogP contribution in [0.2, 0.25) is 0 Å². The zero-order valence-electron chi connectivity index (χ0n) is 11.1. The van der Waals surface area contributed by atoms with Crippen LogP contribution in [0.5, 0.6) is 0 Å². The molecule has 1 fully saturated rings. The molecule has 6 nitrogen and oxygen atoms in total. The van der Waals surface area contributed by atoms with E-state index in [1.54, 1.807) is 18.3 Å². The van der Waals surface area contributed by atoms with E-state index in [1.807, 2.05) is 11.6 Å². The first-order valence-corrected chi connectivity index (χ1v) is 8.14. The fourth-order valence-electron chi connectivity index (χ4n) is 2.39. The molecule has 106 valence electrons. The first kappa shape index (κ1) is 13.4. The quantitative estimate of drug-likeness (QED) is 0.931. The Morgan fingerprint density at radius 3 is 3.20 bits per heavy atom. The minimum absolute atomic E-state index is 0.0801. The summed E-state index contributed by atoms with van der Waals surface area (Å²) in [5.74, 6) is -0.0801. The van der Waals surface area contributed by atoms with Gasteiger partial charge in [0.1, 0.15) is 4.88 Å². The Balaban J connectivity index is 1.61.